The molecule has 0 amide bonds. The first-order valence-electron chi connectivity index (χ1n) is 7.10. The van der Waals surface area contributed by atoms with Gasteiger partial charge in [0.15, 0.2) is 3.95 Å². The van der Waals surface area contributed by atoms with Gasteiger partial charge in [-0.3, -0.25) is 4.90 Å². The highest BCUT2D eigenvalue weighted by Crippen LogP contribution is 2.39. The van der Waals surface area contributed by atoms with Crippen LogP contribution in [0.15, 0.2) is 29.0 Å². The van der Waals surface area contributed by atoms with Crippen molar-refractivity contribution in [1.29, 1.82) is 0 Å². The van der Waals surface area contributed by atoms with Gasteiger partial charge in [0.1, 0.15) is 5.01 Å². The Morgan fingerprint density at radius 1 is 1.32 bits per heavy atom. The normalized spacial score (nSPS) is 18.5. The standard InChI is InChI=1S/C15H15N3S4/c1-10-16-18(15(19)22-10)9-17-6-4-12-11(5-8-21-12)14(17)13-3-2-7-20-13/h2-3,5,7-8,14H,4,6,9H2,1H3/t14-/m0/s1. The van der Waals surface area contributed by atoms with Gasteiger partial charge in [-0.1, -0.05) is 17.4 Å². The fraction of sp³-hybridized carbons (Fsp3) is 0.333. The van der Waals surface area contributed by atoms with Crippen LogP contribution in [0, 0.1) is 10.9 Å². The van der Waals surface area contributed by atoms with Gasteiger partial charge in [-0.2, -0.15) is 5.10 Å². The van der Waals surface area contributed by atoms with Crippen molar-refractivity contribution < 1.29 is 0 Å². The SMILES string of the molecule is Cc1nn(CN2CCc3sccc3[C@H]2c2cccs2)c(=S)s1. The summed E-state index contributed by atoms with van der Waals surface area (Å²) in [7, 11) is 0. The average molecular weight is 366 g/mol. The molecule has 0 aliphatic carbocycles. The smallest absolute Gasteiger partial charge is 0.180 e. The first-order chi connectivity index (χ1) is 10.7. The molecule has 3 aromatic heterocycles. The summed E-state index contributed by atoms with van der Waals surface area (Å²) < 4.78 is 2.83. The summed E-state index contributed by atoms with van der Waals surface area (Å²) in [4.78, 5) is 5.42. The number of nitrogens with zero attached hydrogens (tertiary/aromatic N) is 3. The van der Waals surface area contributed by atoms with Crippen molar-refractivity contribution in [3.8, 4) is 0 Å². The van der Waals surface area contributed by atoms with Crippen molar-refractivity contribution >= 4 is 46.2 Å². The van der Waals surface area contributed by atoms with Crippen LogP contribution in [0.5, 0.6) is 0 Å². The minimum absolute atomic E-state index is 0.332. The van der Waals surface area contributed by atoms with Gasteiger partial charge in [0.05, 0.1) is 12.7 Å². The van der Waals surface area contributed by atoms with E-state index in [9.17, 15) is 0 Å². The zero-order valence-electron chi connectivity index (χ0n) is 12.1. The lowest BCUT2D eigenvalue weighted by atomic mass is 9.99. The van der Waals surface area contributed by atoms with Crippen molar-refractivity contribution in [2.24, 2.45) is 0 Å². The van der Waals surface area contributed by atoms with Gasteiger partial charge < -0.3 is 0 Å². The Balaban J connectivity index is 1.72. The van der Waals surface area contributed by atoms with Crippen LogP contribution in [0.4, 0.5) is 0 Å². The predicted molar refractivity (Wildman–Crippen MR) is 96.6 cm³/mol. The van der Waals surface area contributed by atoms with Crippen molar-refractivity contribution in [2.45, 2.75) is 26.1 Å². The maximum absolute atomic E-state index is 5.44. The van der Waals surface area contributed by atoms with Crippen LogP contribution in [0.25, 0.3) is 0 Å². The number of thiophene rings is 2. The molecule has 1 aliphatic heterocycles. The van der Waals surface area contributed by atoms with Gasteiger partial charge in [-0.05, 0) is 54.0 Å². The molecule has 0 spiro atoms. The molecule has 22 heavy (non-hydrogen) atoms. The van der Waals surface area contributed by atoms with Crippen molar-refractivity contribution in [1.82, 2.24) is 14.7 Å². The van der Waals surface area contributed by atoms with Gasteiger partial charge in [0.2, 0.25) is 0 Å². The maximum atomic E-state index is 5.44. The Hall–Kier alpha value is -0.860. The monoisotopic (exact) mass is 365 g/mol. The number of hydrogen-bond donors (Lipinski definition) is 0. The van der Waals surface area contributed by atoms with E-state index in [0.29, 0.717) is 6.04 Å². The highest BCUT2D eigenvalue weighted by molar-refractivity contribution is 7.73. The average Bonchev–Trinajstić information content (AvgIpc) is 3.21. The summed E-state index contributed by atoms with van der Waals surface area (Å²) in [6.45, 7) is 3.83. The number of aryl methyl sites for hydroxylation is 1. The van der Waals surface area contributed by atoms with Crippen LogP contribution in [-0.2, 0) is 13.1 Å². The Kier molecular flexibility index (Phi) is 4.00. The third-order valence-electron chi connectivity index (χ3n) is 3.90. The van der Waals surface area contributed by atoms with Crippen molar-refractivity contribution in [2.75, 3.05) is 6.54 Å². The summed E-state index contributed by atoms with van der Waals surface area (Å²) in [5.74, 6) is 0. The molecule has 4 heterocycles. The van der Waals surface area contributed by atoms with Crippen molar-refractivity contribution in [3.05, 3.63) is 53.2 Å². The van der Waals surface area contributed by atoms with E-state index in [-0.39, 0.29) is 0 Å². The highest BCUT2D eigenvalue weighted by atomic mass is 32.1. The molecular weight excluding hydrogens is 350 g/mol. The molecule has 0 aromatic carbocycles. The lowest BCUT2D eigenvalue weighted by Gasteiger charge is -2.35. The zero-order chi connectivity index (χ0) is 15.1. The summed E-state index contributed by atoms with van der Waals surface area (Å²) in [5, 5.41) is 9.97. The van der Waals surface area contributed by atoms with E-state index >= 15 is 0 Å². The van der Waals surface area contributed by atoms with Crippen LogP contribution in [-0.4, -0.2) is 21.2 Å². The molecule has 4 rings (SSSR count). The maximum Gasteiger partial charge on any atom is 0.180 e. The highest BCUT2D eigenvalue weighted by Gasteiger charge is 2.30. The first-order valence-corrected chi connectivity index (χ1v) is 10.1. The number of hydrogen-bond acceptors (Lipinski definition) is 6. The third kappa shape index (κ3) is 2.61. The van der Waals surface area contributed by atoms with Crippen LogP contribution < -0.4 is 0 Å². The Labute approximate surface area is 146 Å². The molecule has 114 valence electrons. The fourth-order valence-electron chi connectivity index (χ4n) is 2.97. The molecule has 3 aromatic rings. The quantitative estimate of drug-likeness (QED) is 0.627. The molecule has 3 nitrogen and oxygen atoms in total. The topological polar surface area (TPSA) is 21.1 Å². The zero-order valence-corrected chi connectivity index (χ0v) is 15.3. The number of rotatable bonds is 3. The molecule has 1 aliphatic rings. The van der Waals surface area contributed by atoms with E-state index in [1.54, 1.807) is 11.3 Å². The molecule has 7 heteroatoms. The molecule has 0 radical (unpaired) electrons. The van der Waals surface area contributed by atoms with Crippen LogP contribution in [0.1, 0.15) is 26.4 Å². The summed E-state index contributed by atoms with van der Waals surface area (Å²) in [6, 6.07) is 6.99. The number of fused-ring (bicyclic) bond motifs is 1. The van der Waals surface area contributed by atoms with E-state index in [1.807, 2.05) is 34.3 Å². The number of aromatic nitrogens is 2. The molecule has 0 saturated carbocycles. The molecule has 1 atom stereocenters. The molecular formula is C15H15N3S4. The Bertz CT molecular complexity index is 827. The van der Waals surface area contributed by atoms with Crippen LogP contribution in [0.3, 0.4) is 0 Å². The molecule has 0 N–H and O–H groups in total. The molecule has 0 bridgehead atoms. The van der Waals surface area contributed by atoms with E-state index in [1.165, 1.54) is 15.3 Å². The lowest BCUT2D eigenvalue weighted by molar-refractivity contribution is 0.159. The van der Waals surface area contributed by atoms with Crippen molar-refractivity contribution in [3.63, 3.8) is 0 Å². The van der Waals surface area contributed by atoms with E-state index in [2.05, 4.69) is 39.0 Å². The summed E-state index contributed by atoms with van der Waals surface area (Å²) in [6.07, 6.45) is 1.12. The second kappa shape index (κ2) is 5.98. The fourth-order valence-corrected chi connectivity index (χ4v) is 5.81. The third-order valence-corrected chi connectivity index (χ3v) is 7.05. The summed E-state index contributed by atoms with van der Waals surface area (Å²) >= 11 is 10.7. The van der Waals surface area contributed by atoms with E-state index in [0.717, 1.165) is 28.6 Å². The van der Waals surface area contributed by atoms with Crippen LogP contribution >= 0.6 is 46.2 Å². The van der Waals surface area contributed by atoms with Crippen LogP contribution in [0.2, 0.25) is 0 Å². The van der Waals surface area contributed by atoms with Gasteiger partial charge >= 0.3 is 0 Å². The molecule has 0 fully saturated rings. The minimum atomic E-state index is 0.332. The van der Waals surface area contributed by atoms with E-state index in [4.69, 9.17) is 12.2 Å². The lowest BCUT2D eigenvalue weighted by Crippen LogP contribution is -2.36. The Morgan fingerprint density at radius 2 is 2.23 bits per heavy atom. The van der Waals surface area contributed by atoms with Gasteiger partial charge in [0, 0.05) is 16.3 Å². The second-order valence-electron chi connectivity index (χ2n) is 5.31. The first kappa shape index (κ1) is 14.7. The van der Waals surface area contributed by atoms with Gasteiger partial charge in [-0.25, -0.2) is 4.68 Å². The Morgan fingerprint density at radius 3 is 2.95 bits per heavy atom. The van der Waals surface area contributed by atoms with Gasteiger partial charge in [-0.15, -0.1) is 22.7 Å². The molecule has 0 saturated heterocycles. The predicted octanol–water partition coefficient (Wildman–Crippen LogP) is 4.71. The molecule has 0 unspecified atom stereocenters. The van der Waals surface area contributed by atoms with E-state index < -0.39 is 0 Å². The second-order valence-corrected chi connectivity index (χ2v) is 9.11. The van der Waals surface area contributed by atoms with Gasteiger partial charge in [0.25, 0.3) is 0 Å². The minimum Gasteiger partial charge on any atom is -0.272 e. The largest absolute Gasteiger partial charge is 0.272 e. The summed E-state index contributed by atoms with van der Waals surface area (Å²) in [5.41, 5.74) is 1.46.